The van der Waals surface area contributed by atoms with Gasteiger partial charge in [0.25, 0.3) is 0 Å². The van der Waals surface area contributed by atoms with Crippen molar-refractivity contribution in [3.8, 4) is 0 Å². The molecule has 6 heteroatoms. The van der Waals surface area contributed by atoms with Gasteiger partial charge in [0.05, 0.1) is 19.6 Å². The molecule has 1 atom stereocenters. The van der Waals surface area contributed by atoms with Gasteiger partial charge in [-0.2, -0.15) is 0 Å². The highest BCUT2D eigenvalue weighted by Crippen LogP contribution is 2.07. The molecule has 0 saturated carbocycles. The van der Waals surface area contributed by atoms with E-state index in [0.29, 0.717) is 32.8 Å². The van der Waals surface area contributed by atoms with Crippen LogP contribution in [-0.4, -0.2) is 60.8 Å². The third kappa shape index (κ3) is 3.79. The second-order valence-corrected chi connectivity index (χ2v) is 3.67. The molecule has 1 unspecified atom stereocenters. The highest BCUT2D eigenvalue weighted by Gasteiger charge is 2.28. The van der Waals surface area contributed by atoms with Gasteiger partial charge in [0, 0.05) is 19.6 Å². The predicted octanol–water partition coefficient (Wildman–Crippen LogP) is -0.702. The first-order chi connectivity index (χ1) is 7.65. The number of hydrogen-bond acceptors (Lipinski definition) is 4. The smallest absolute Gasteiger partial charge is 0.304 e. The molecule has 1 amide bonds. The Morgan fingerprint density at radius 2 is 2.31 bits per heavy atom. The minimum atomic E-state index is -0.846. The molecule has 1 heterocycles. The molecule has 16 heavy (non-hydrogen) atoms. The summed E-state index contributed by atoms with van der Waals surface area (Å²) in [5.74, 6) is -0.936. The maximum absolute atomic E-state index is 11.7. The molecule has 0 aromatic rings. The Balaban J connectivity index is 2.49. The molecule has 1 aliphatic heterocycles. The molecule has 1 fully saturated rings. The summed E-state index contributed by atoms with van der Waals surface area (Å²) in [6, 6.07) is -0.354. The quantitative estimate of drug-likeness (QED) is 0.653. The molecule has 6 nitrogen and oxygen atoms in total. The van der Waals surface area contributed by atoms with Crippen LogP contribution in [0.5, 0.6) is 0 Å². The molecule has 1 aliphatic rings. The van der Waals surface area contributed by atoms with Crippen molar-refractivity contribution in [2.45, 2.75) is 19.4 Å². The molecule has 0 aromatic carbocycles. The van der Waals surface area contributed by atoms with Crippen molar-refractivity contribution in [3.63, 3.8) is 0 Å². The third-order valence-corrected chi connectivity index (χ3v) is 2.51. The predicted molar refractivity (Wildman–Crippen MR) is 57.1 cm³/mol. The number of carbonyl (C=O) groups is 2. The minimum absolute atomic E-state index is 0.0515. The van der Waals surface area contributed by atoms with E-state index in [0.717, 1.165) is 0 Å². The van der Waals surface area contributed by atoms with E-state index in [2.05, 4.69) is 5.32 Å². The number of carboxylic acid groups (broad SMARTS) is 1. The third-order valence-electron chi connectivity index (χ3n) is 2.51. The van der Waals surface area contributed by atoms with Gasteiger partial charge in [0.15, 0.2) is 0 Å². The summed E-state index contributed by atoms with van der Waals surface area (Å²) in [5, 5.41) is 11.3. The maximum Gasteiger partial charge on any atom is 0.304 e. The summed E-state index contributed by atoms with van der Waals surface area (Å²) in [6.07, 6.45) is 0.0515. The average molecular weight is 230 g/mol. The fraction of sp³-hybridized carbons (Fsp3) is 0.800. The highest BCUT2D eigenvalue weighted by atomic mass is 16.5. The molecule has 0 bridgehead atoms. The number of carboxylic acids is 1. The van der Waals surface area contributed by atoms with Gasteiger partial charge in [-0.05, 0) is 6.92 Å². The number of ether oxygens (including phenoxy) is 1. The zero-order valence-corrected chi connectivity index (χ0v) is 9.44. The molecule has 1 saturated heterocycles. The Hall–Kier alpha value is -1.14. The van der Waals surface area contributed by atoms with Crippen LogP contribution in [0.2, 0.25) is 0 Å². The molecule has 0 radical (unpaired) electrons. The van der Waals surface area contributed by atoms with E-state index in [9.17, 15) is 9.59 Å². The van der Waals surface area contributed by atoms with Crippen LogP contribution in [-0.2, 0) is 14.3 Å². The van der Waals surface area contributed by atoms with Gasteiger partial charge in [0.1, 0.15) is 6.04 Å². The van der Waals surface area contributed by atoms with Crippen LogP contribution < -0.4 is 5.32 Å². The van der Waals surface area contributed by atoms with Crippen LogP contribution in [0, 0.1) is 0 Å². The van der Waals surface area contributed by atoms with Crippen molar-refractivity contribution in [1.29, 1.82) is 0 Å². The van der Waals surface area contributed by atoms with Gasteiger partial charge < -0.3 is 15.2 Å². The first-order valence-corrected chi connectivity index (χ1v) is 5.46. The summed E-state index contributed by atoms with van der Waals surface area (Å²) in [5.41, 5.74) is 0. The maximum atomic E-state index is 11.7. The largest absolute Gasteiger partial charge is 0.481 e. The van der Waals surface area contributed by atoms with Crippen molar-refractivity contribution in [1.82, 2.24) is 10.2 Å². The van der Waals surface area contributed by atoms with Crippen LogP contribution in [0.3, 0.4) is 0 Å². The summed E-state index contributed by atoms with van der Waals surface area (Å²) in [4.78, 5) is 24.0. The summed E-state index contributed by atoms with van der Waals surface area (Å²) in [6.45, 7) is 4.31. The van der Waals surface area contributed by atoms with Crippen molar-refractivity contribution < 1.29 is 19.4 Å². The minimum Gasteiger partial charge on any atom is -0.481 e. The van der Waals surface area contributed by atoms with Crippen molar-refractivity contribution >= 4 is 11.9 Å². The number of rotatable bonds is 5. The molecular weight excluding hydrogens is 212 g/mol. The lowest BCUT2D eigenvalue weighted by Gasteiger charge is -2.33. The number of carbonyl (C=O) groups excluding carboxylic acids is 1. The van der Waals surface area contributed by atoms with Crippen LogP contribution in [0.15, 0.2) is 0 Å². The molecule has 2 N–H and O–H groups in total. The highest BCUT2D eigenvalue weighted by molar-refractivity contribution is 5.82. The second kappa shape index (κ2) is 6.44. The van der Waals surface area contributed by atoms with E-state index in [4.69, 9.17) is 9.84 Å². The van der Waals surface area contributed by atoms with Gasteiger partial charge in [-0.25, -0.2) is 0 Å². The standard InChI is InChI=1S/C10H18N2O4/c1-2-11-10(15)8-7-16-6-5-12(8)4-3-9(13)14/h8H,2-7H2,1H3,(H,11,15)(H,13,14). The lowest BCUT2D eigenvalue weighted by molar-refractivity contribution is -0.140. The SMILES string of the molecule is CCNC(=O)C1COCCN1CCC(=O)O. The van der Waals surface area contributed by atoms with Crippen molar-refractivity contribution in [2.24, 2.45) is 0 Å². The normalized spacial score (nSPS) is 21.7. The molecule has 1 rings (SSSR count). The zero-order valence-electron chi connectivity index (χ0n) is 9.44. The lowest BCUT2D eigenvalue weighted by Crippen LogP contribution is -2.54. The Kier molecular flexibility index (Phi) is 5.21. The second-order valence-electron chi connectivity index (χ2n) is 3.67. The molecule has 0 aliphatic carbocycles. The van der Waals surface area contributed by atoms with Crippen molar-refractivity contribution in [3.05, 3.63) is 0 Å². The van der Waals surface area contributed by atoms with E-state index in [1.807, 2.05) is 11.8 Å². The van der Waals surface area contributed by atoms with E-state index >= 15 is 0 Å². The van der Waals surface area contributed by atoms with Crippen LogP contribution in [0.4, 0.5) is 0 Å². The Labute approximate surface area is 94.6 Å². The van der Waals surface area contributed by atoms with Crippen LogP contribution in [0.25, 0.3) is 0 Å². The average Bonchev–Trinajstić information content (AvgIpc) is 2.27. The number of nitrogens with zero attached hydrogens (tertiary/aromatic N) is 1. The van der Waals surface area contributed by atoms with Crippen LogP contribution >= 0.6 is 0 Å². The number of aliphatic carboxylic acids is 1. The van der Waals surface area contributed by atoms with Gasteiger partial charge >= 0.3 is 5.97 Å². The van der Waals surface area contributed by atoms with Gasteiger partial charge in [-0.15, -0.1) is 0 Å². The topological polar surface area (TPSA) is 78.9 Å². The Bertz CT molecular complexity index is 257. The van der Waals surface area contributed by atoms with Crippen LogP contribution in [0.1, 0.15) is 13.3 Å². The fourth-order valence-electron chi connectivity index (χ4n) is 1.68. The van der Waals surface area contributed by atoms with E-state index in [-0.39, 0.29) is 18.4 Å². The number of nitrogens with one attached hydrogen (secondary N) is 1. The Morgan fingerprint density at radius 1 is 1.56 bits per heavy atom. The van der Waals surface area contributed by atoms with E-state index < -0.39 is 5.97 Å². The van der Waals surface area contributed by atoms with Gasteiger partial charge in [-0.3, -0.25) is 14.5 Å². The first-order valence-electron chi connectivity index (χ1n) is 5.46. The fourth-order valence-corrected chi connectivity index (χ4v) is 1.68. The molecule has 0 spiro atoms. The number of hydrogen-bond donors (Lipinski definition) is 2. The van der Waals surface area contributed by atoms with E-state index in [1.54, 1.807) is 0 Å². The monoisotopic (exact) mass is 230 g/mol. The number of morpholine rings is 1. The molecule has 0 aromatic heterocycles. The summed E-state index contributed by atoms with van der Waals surface area (Å²) >= 11 is 0. The molecule has 92 valence electrons. The number of amides is 1. The zero-order chi connectivity index (χ0) is 12.0. The lowest BCUT2D eigenvalue weighted by atomic mass is 10.2. The van der Waals surface area contributed by atoms with Gasteiger partial charge in [-0.1, -0.05) is 0 Å². The first kappa shape index (κ1) is 12.9. The van der Waals surface area contributed by atoms with Crippen molar-refractivity contribution in [2.75, 3.05) is 32.8 Å². The number of likely N-dealkylation sites (N-methyl/N-ethyl adjacent to an activating group) is 1. The summed E-state index contributed by atoms with van der Waals surface area (Å²) in [7, 11) is 0. The summed E-state index contributed by atoms with van der Waals surface area (Å²) < 4.78 is 5.24. The molecular formula is C10H18N2O4. The van der Waals surface area contributed by atoms with E-state index in [1.165, 1.54) is 0 Å². The Morgan fingerprint density at radius 3 is 2.94 bits per heavy atom. The van der Waals surface area contributed by atoms with Gasteiger partial charge in [0.2, 0.25) is 5.91 Å².